The number of nitrogens with zero attached hydrogens (tertiary/aromatic N) is 2. The van der Waals surface area contributed by atoms with Crippen LogP contribution in [0.25, 0.3) is 0 Å². The molecule has 158 valence electrons. The Balaban J connectivity index is 1.59. The van der Waals surface area contributed by atoms with Gasteiger partial charge in [0, 0.05) is 31.2 Å². The van der Waals surface area contributed by atoms with E-state index in [0.29, 0.717) is 13.0 Å². The van der Waals surface area contributed by atoms with E-state index in [0.717, 1.165) is 54.0 Å². The van der Waals surface area contributed by atoms with E-state index in [4.69, 9.17) is 14.5 Å². The Bertz CT molecular complexity index is 944. The van der Waals surface area contributed by atoms with E-state index in [2.05, 4.69) is 31.2 Å². The Morgan fingerprint density at radius 1 is 1.30 bits per heavy atom. The third-order valence-electron chi connectivity index (χ3n) is 5.40. The summed E-state index contributed by atoms with van der Waals surface area (Å²) < 4.78 is 12.1. The van der Waals surface area contributed by atoms with Gasteiger partial charge in [-0.25, -0.2) is 0 Å². The van der Waals surface area contributed by atoms with Crippen LogP contribution in [-0.4, -0.2) is 41.5 Å². The monoisotopic (exact) mass is 424 g/mol. The first-order valence-electron chi connectivity index (χ1n) is 10.5. The molecule has 0 N–H and O–H groups in total. The van der Waals surface area contributed by atoms with Crippen LogP contribution in [0.1, 0.15) is 42.5 Å². The lowest BCUT2D eigenvalue weighted by atomic mass is 9.97. The molecular weight excluding hydrogens is 396 g/mol. The van der Waals surface area contributed by atoms with E-state index in [1.807, 2.05) is 18.2 Å². The highest BCUT2D eigenvalue weighted by atomic mass is 32.2. The predicted octanol–water partition coefficient (Wildman–Crippen LogP) is 4.78. The highest BCUT2D eigenvalue weighted by molar-refractivity contribution is 8.14. The maximum Gasteiger partial charge on any atom is 0.225 e. The Kier molecular flexibility index (Phi) is 6.62. The van der Waals surface area contributed by atoms with Gasteiger partial charge in [0.15, 0.2) is 5.17 Å². The lowest BCUT2D eigenvalue weighted by Crippen LogP contribution is -2.29. The number of thioether (sulfide) groups is 1. The number of rotatable bonds is 6. The molecule has 0 spiro atoms. The zero-order chi connectivity index (χ0) is 20.9. The summed E-state index contributed by atoms with van der Waals surface area (Å²) in [5.41, 5.74) is 3.50. The number of carbonyl (C=O) groups is 1. The second-order valence-electron chi connectivity index (χ2n) is 7.69. The van der Waals surface area contributed by atoms with E-state index in [-0.39, 0.29) is 11.9 Å². The molecule has 2 heterocycles. The van der Waals surface area contributed by atoms with Gasteiger partial charge in [0.2, 0.25) is 5.91 Å². The molecule has 4 rings (SSSR count). The second-order valence-corrected chi connectivity index (χ2v) is 8.75. The Morgan fingerprint density at radius 2 is 2.17 bits per heavy atom. The largest absolute Gasteiger partial charge is 0.493 e. The number of amidine groups is 1. The molecule has 6 heteroatoms. The van der Waals surface area contributed by atoms with Gasteiger partial charge in [0.25, 0.3) is 0 Å². The Labute approximate surface area is 182 Å². The summed E-state index contributed by atoms with van der Waals surface area (Å²) >= 11 is 1.64. The van der Waals surface area contributed by atoms with Crippen LogP contribution in [-0.2, 0) is 11.2 Å². The van der Waals surface area contributed by atoms with Gasteiger partial charge in [-0.05, 0) is 43.0 Å². The highest BCUT2D eigenvalue weighted by Gasteiger charge is 2.27. The van der Waals surface area contributed by atoms with Crippen LogP contribution in [0.3, 0.4) is 0 Å². The molecule has 0 aromatic heterocycles. The molecule has 2 aliphatic heterocycles. The van der Waals surface area contributed by atoms with Crippen molar-refractivity contribution in [1.29, 1.82) is 0 Å². The van der Waals surface area contributed by atoms with Crippen molar-refractivity contribution in [2.45, 2.75) is 39.2 Å². The second kappa shape index (κ2) is 9.56. The number of aliphatic imine (C=N–C) groups is 1. The number of para-hydroxylation sites is 1. The summed E-state index contributed by atoms with van der Waals surface area (Å²) in [6.45, 7) is 5.66. The molecule has 0 aliphatic carbocycles. The molecule has 1 saturated heterocycles. The van der Waals surface area contributed by atoms with Crippen molar-refractivity contribution in [3.63, 3.8) is 0 Å². The van der Waals surface area contributed by atoms with Gasteiger partial charge in [0.05, 0.1) is 19.3 Å². The topological polar surface area (TPSA) is 51.1 Å². The van der Waals surface area contributed by atoms with Crippen LogP contribution < -0.4 is 9.47 Å². The summed E-state index contributed by atoms with van der Waals surface area (Å²) in [6.07, 6.45) is 2.78. The normalized spacial score (nSPS) is 18.1. The predicted molar refractivity (Wildman–Crippen MR) is 122 cm³/mol. The van der Waals surface area contributed by atoms with Crippen LogP contribution in [0.5, 0.6) is 11.5 Å². The maximum absolute atomic E-state index is 12.0. The standard InChI is InChI=1S/C24H28N2O3S/c1-17-6-3-9-20(16-17)28-14-11-22(25-24-26(18(2)27)12-15-30-24)21-10-4-7-19-8-5-13-29-23(19)21/h3-4,6-7,9-10,16,22H,5,8,11-15H2,1-2H3. The average Bonchev–Trinajstić information content (AvgIpc) is 3.21. The summed E-state index contributed by atoms with van der Waals surface area (Å²) in [5.74, 6) is 2.76. The van der Waals surface area contributed by atoms with Crippen molar-refractivity contribution in [2.75, 3.05) is 25.5 Å². The number of amides is 1. The molecular formula is C24H28N2O3S. The van der Waals surface area contributed by atoms with Crippen LogP contribution in [0.15, 0.2) is 47.5 Å². The first kappa shape index (κ1) is 20.8. The van der Waals surface area contributed by atoms with Gasteiger partial charge in [-0.3, -0.25) is 14.7 Å². The van der Waals surface area contributed by atoms with Gasteiger partial charge >= 0.3 is 0 Å². The summed E-state index contributed by atoms with van der Waals surface area (Å²) in [7, 11) is 0. The van der Waals surface area contributed by atoms with Gasteiger partial charge in [-0.2, -0.15) is 0 Å². The number of hydrogen-bond donors (Lipinski definition) is 0. The maximum atomic E-state index is 12.0. The number of fused-ring (bicyclic) bond motifs is 1. The van der Waals surface area contributed by atoms with Crippen LogP contribution in [0.4, 0.5) is 0 Å². The number of carbonyl (C=O) groups excluding carboxylic acids is 1. The molecule has 2 aromatic rings. The summed E-state index contributed by atoms with van der Waals surface area (Å²) in [5, 5.41) is 0.802. The first-order chi connectivity index (χ1) is 14.6. The number of ether oxygens (including phenoxy) is 2. The fourth-order valence-corrected chi connectivity index (χ4v) is 4.93. The van der Waals surface area contributed by atoms with Crippen LogP contribution in [0, 0.1) is 6.92 Å². The van der Waals surface area contributed by atoms with Gasteiger partial charge in [-0.1, -0.05) is 42.1 Å². The van der Waals surface area contributed by atoms with E-state index in [1.165, 1.54) is 11.1 Å². The first-order valence-corrected chi connectivity index (χ1v) is 11.5. The van der Waals surface area contributed by atoms with E-state index >= 15 is 0 Å². The highest BCUT2D eigenvalue weighted by Crippen LogP contribution is 2.37. The lowest BCUT2D eigenvalue weighted by Gasteiger charge is -2.24. The quantitative estimate of drug-likeness (QED) is 0.670. The smallest absolute Gasteiger partial charge is 0.225 e. The molecule has 1 atom stereocenters. The van der Waals surface area contributed by atoms with Crippen molar-refractivity contribution in [3.05, 3.63) is 59.2 Å². The minimum Gasteiger partial charge on any atom is -0.493 e. The molecule has 2 aromatic carbocycles. The van der Waals surface area contributed by atoms with Gasteiger partial charge in [-0.15, -0.1) is 0 Å². The number of hydrogen-bond acceptors (Lipinski definition) is 5. The average molecular weight is 425 g/mol. The van der Waals surface area contributed by atoms with Crippen LogP contribution in [0.2, 0.25) is 0 Å². The molecule has 0 bridgehead atoms. The third kappa shape index (κ3) is 4.81. The summed E-state index contributed by atoms with van der Waals surface area (Å²) in [4.78, 5) is 18.8. The lowest BCUT2D eigenvalue weighted by molar-refractivity contribution is -0.124. The van der Waals surface area contributed by atoms with Crippen molar-refractivity contribution >= 4 is 22.8 Å². The zero-order valence-corrected chi connectivity index (χ0v) is 18.4. The fraction of sp³-hybridized carbons (Fsp3) is 0.417. The van der Waals surface area contributed by atoms with E-state index < -0.39 is 0 Å². The minimum atomic E-state index is -0.120. The SMILES string of the molecule is CC(=O)N1CCSC1=NC(CCOc1cccc(C)c1)c1cccc2c1OCCC2. The molecule has 1 amide bonds. The number of aryl methyl sites for hydroxylation is 2. The summed E-state index contributed by atoms with van der Waals surface area (Å²) in [6, 6.07) is 14.3. The van der Waals surface area contributed by atoms with Crippen molar-refractivity contribution in [3.8, 4) is 11.5 Å². The molecule has 5 nitrogen and oxygen atoms in total. The molecule has 1 fully saturated rings. The van der Waals surface area contributed by atoms with Gasteiger partial charge in [0.1, 0.15) is 11.5 Å². The van der Waals surface area contributed by atoms with Gasteiger partial charge < -0.3 is 9.47 Å². The molecule has 0 saturated carbocycles. The molecule has 2 aliphatic rings. The van der Waals surface area contributed by atoms with E-state index in [1.54, 1.807) is 23.6 Å². The molecule has 1 unspecified atom stereocenters. The molecule has 0 radical (unpaired) electrons. The third-order valence-corrected chi connectivity index (χ3v) is 6.37. The number of benzene rings is 2. The van der Waals surface area contributed by atoms with Crippen LogP contribution >= 0.6 is 11.8 Å². The minimum absolute atomic E-state index is 0.0415. The Hall–Kier alpha value is -2.47. The van der Waals surface area contributed by atoms with Crippen molar-refractivity contribution in [1.82, 2.24) is 4.90 Å². The molecule has 30 heavy (non-hydrogen) atoms. The van der Waals surface area contributed by atoms with E-state index in [9.17, 15) is 4.79 Å². The van der Waals surface area contributed by atoms with Crippen molar-refractivity contribution in [2.24, 2.45) is 4.99 Å². The zero-order valence-electron chi connectivity index (χ0n) is 17.6. The Morgan fingerprint density at radius 3 is 3.00 bits per heavy atom. The van der Waals surface area contributed by atoms with Crippen molar-refractivity contribution < 1.29 is 14.3 Å². The fourth-order valence-electron chi connectivity index (χ4n) is 3.89.